The topological polar surface area (TPSA) is 41.6 Å². The second-order valence-corrected chi connectivity index (χ2v) is 7.13. The standard InChI is InChI=1S/C19H25ClN2O2/c20-17-4-1-15(2-5-17)3-6-19(23)21-18-7-10-22(11-8-18)13-16-9-12-24-14-16/h1-6,16,18H,7-14H2,(H,21,23)/b6-3-/t16-/m1/s1. The van der Waals surface area contributed by atoms with Crippen LogP contribution < -0.4 is 5.32 Å². The van der Waals surface area contributed by atoms with Gasteiger partial charge in [0.05, 0.1) is 6.61 Å². The van der Waals surface area contributed by atoms with Crippen molar-refractivity contribution in [3.05, 3.63) is 40.9 Å². The smallest absolute Gasteiger partial charge is 0.244 e. The van der Waals surface area contributed by atoms with Crippen LogP contribution >= 0.6 is 11.6 Å². The summed E-state index contributed by atoms with van der Waals surface area (Å²) in [6, 6.07) is 7.73. The molecule has 0 aliphatic carbocycles. The van der Waals surface area contributed by atoms with Gasteiger partial charge in [0.25, 0.3) is 0 Å². The van der Waals surface area contributed by atoms with Gasteiger partial charge >= 0.3 is 0 Å². The van der Waals surface area contributed by atoms with Crippen molar-refractivity contribution in [2.24, 2.45) is 5.92 Å². The lowest BCUT2D eigenvalue weighted by Crippen LogP contribution is -2.45. The minimum atomic E-state index is -0.0207. The molecule has 0 radical (unpaired) electrons. The number of amides is 1. The van der Waals surface area contributed by atoms with Crippen LogP contribution in [0.4, 0.5) is 0 Å². The zero-order valence-electron chi connectivity index (χ0n) is 13.9. The van der Waals surface area contributed by atoms with Crippen molar-refractivity contribution in [2.45, 2.75) is 25.3 Å². The Balaban J connectivity index is 1.38. The van der Waals surface area contributed by atoms with Gasteiger partial charge in [-0.2, -0.15) is 0 Å². The van der Waals surface area contributed by atoms with Crippen LogP contribution in [0.3, 0.4) is 0 Å². The molecule has 1 atom stereocenters. The maximum Gasteiger partial charge on any atom is 0.244 e. The Labute approximate surface area is 148 Å². The van der Waals surface area contributed by atoms with Gasteiger partial charge in [-0.05, 0) is 49.0 Å². The van der Waals surface area contributed by atoms with Crippen molar-refractivity contribution >= 4 is 23.6 Å². The maximum atomic E-state index is 12.1. The molecule has 2 aliphatic heterocycles. The number of likely N-dealkylation sites (tertiary alicyclic amines) is 1. The molecule has 1 aromatic carbocycles. The number of halogens is 1. The van der Waals surface area contributed by atoms with Gasteiger partial charge in [-0.3, -0.25) is 4.79 Å². The number of nitrogens with one attached hydrogen (secondary N) is 1. The van der Waals surface area contributed by atoms with Gasteiger partial charge in [0.2, 0.25) is 5.91 Å². The van der Waals surface area contributed by atoms with Gasteiger partial charge < -0.3 is 15.0 Å². The summed E-state index contributed by atoms with van der Waals surface area (Å²) in [5.41, 5.74) is 0.975. The minimum absolute atomic E-state index is 0.0207. The molecule has 0 saturated carbocycles. The molecular formula is C19H25ClN2O2. The lowest BCUT2D eigenvalue weighted by molar-refractivity contribution is -0.117. The zero-order chi connectivity index (χ0) is 16.8. The third-order valence-corrected chi connectivity index (χ3v) is 5.02. The minimum Gasteiger partial charge on any atom is -0.381 e. The number of benzene rings is 1. The van der Waals surface area contributed by atoms with E-state index in [2.05, 4.69) is 10.2 Å². The van der Waals surface area contributed by atoms with E-state index in [4.69, 9.17) is 16.3 Å². The summed E-state index contributed by atoms with van der Waals surface area (Å²) in [4.78, 5) is 14.6. The molecule has 24 heavy (non-hydrogen) atoms. The molecule has 0 aromatic heterocycles. The summed E-state index contributed by atoms with van der Waals surface area (Å²) in [5.74, 6) is 0.672. The van der Waals surface area contributed by atoms with E-state index in [1.165, 1.54) is 6.42 Å². The Morgan fingerprint density at radius 1 is 1.25 bits per heavy atom. The normalized spacial score (nSPS) is 23.0. The van der Waals surface area contributed by atoms with Crippen molar-refractivity contribution < 1.29 is 9.53 Å². The fraction of sp³-hybridized carbons (Fsp3) is 0.526. The molecule has 1 N–H and O–H groups in total. The highest BCUT2D eigenvalue weighted by molar-refractivity contribution is 6.30. The number of carbonyl (C=O) groups excluding carboxylic acids is 1. The molecule has 5 heteroatoms. The van der Waals surface area contributed by atoms with Gasteiger partial charge in [-0.15, -0.1) is 0 Å². The second-order valence-electron chi connectivity index (χ2n) is 6.70. The first-order valence-electron chi connectivity index (χ1n) is 8.73. The molecule has 4 nitrogen and oxygen atoms in total. The maximum absolute atomic E-state index is 12.1. The van der Waals surface area contributed by atoms with Crippen LogP contribution in [-0.4, -0.2) is 49.7 Å². The predicted octanol–water partition coefficient (Wildman–Crippen LogP) is 2.97. The van der Waals surface area contributed by atoms with Gasteiger partial charge in [0.1, 0.15) is 0 Å². The third-order valence-electron chi connectivity index (χ3n) is 4.77. The van der Waals surface area contributed by atoms with Gasteiger partial charge in [0.15, 0.2) is 0 Å². The largest absolute Gasteiger partial charge is 0.381 e. The Hall–Kier alpha value is -1.36. The summed E-state index contributed by atoms with van der Waals surface area (Å²) in [6.07, 6.45) is 6.65. The Morgan fingerprint density at radius 3 is 2.67 bits per heavy atom. The van der Waals surface area contributed by atoms with E-state index in [1.807, 2.05) is 30.3 Å². The van der Waals surface area contributed by atoms with E-state index in [1.54, 1.807) is 6.08 Å². The second kappa shape index (κ2) is 8.65. The molecule has 2 heterocycles. The van der Waals surface area contributed by atoms with E-state index in [0.717, 1.165) is 51.3 Å². The van der Waals surface area contributed by atoms with E-state index in [9.17, 15) is 4.79 Å². The number of nitrogens with zero attached hydrogens (tertiary/aromatic N) is 1. The fourth-order valence-corrected chi connectivity index (χ4v) is 3.47. The fourth-order valence-electron chi connectivity index (χ4n) is 3.35. The van der Waals surface area contributed by atoms with Crippen LogP contribution in [0.15, 0.2) is 30.3 Å². The van der Waals surface area contributed by atoms with Crippen LogP contribution in [0.5, 0.6) is 0 Å². The van der Waals surface area contributed by atoms with Gasteiger partial charge in [0, 0.05) is 43.4 Å². The van der Waals surface area contributed by atoms with E-state index >= 15 is 0 Å². The summed E-state index contributed by atoms with van der Waals surface area (Å²) in [7, 11) is 0. The van der Waals surface area contributed by atoms with Crippen LogP contribution in [0, 0.1) is 5.92 Å². The quantitative estimate of drug-likeness (QED) is 0.832. The first kappa shape index (κ1) is 17.5. The number of hydrogen-bond acceptors (Lipinski definition) is 3. The molecule has 0 spiro atoms. The van der Waals surface area contributed by atoms with Crippen LogP contribution in [0.1, 0.15) is 24.8 Å². The molecule has 0 unspecified atom stereocenters. The SMILES string of the molecule is O=C(/C=C\c1ccc(Cl)cc1)NC1CCN(C[C@H]2CCOC2)CC1. The molecule has 2 fully saturated rings. The molecule has 130 valence electrons. The average Bonchev–Trinajstić information content (AvgIpc) is 3.09. The van der Waals surface area contributed by atoms with Crippen LogP contribution in [0.2, 0.25) is 5.02 Å². The molecule has 1 aromatic rings. The summed E-state index contributed by atoms with van der Waals surface area (Å²) < 4.78 is 5.44. The zero-order valence-corrected chi connectivity index (χ0v) is 14.7. The first-order valence-corrected chi connectivity index (χ1v) is 9.11. The third kappa shape index (κ3) is 5.33. The van der Waals surface area contributed by atoms with Gasteiger partial charge in [-0.1, -0.05) is 23.7 Å². The van der Waals surface area contributed by atoms with Crippen molar-refractivity contribution in [3.8, 4) is 0 Å². The van der Waals surface area contributed by atoms with Crippen LogP contribution in [-0.2, 0) is 9.53 Å². The summed E-state index contributed by atoms with van der Waals surface area (Å²) >= 11 is 5.85. The Morgan fingerprint density at radius 2 is 2.00 bits per heavy atom. The number of carbonyl (C=O) groups is 1. The van der Waals surface area contributed by atoms with Crippen molar-refractivity contribution in [1.82, 2.24) is 10.2 Å². The molecule has 1 amide bonds. The Bertz CT molecular complexity index is 559. The molecule has 3 rings (SSSR count). The Kier molecular flexibility index (Phi) is 6.30. The van der Waals surface area contributed by atoms with E-state index < -0.39 is 0 Å². The number of hydrogen-bond donors (Lipinski definition) is 1. The highest BCUT2D eigenvalue weighted by Crippen LogP contribution is 2.17. The molecule has 0 bridgehead atoms. The number of piperidine rings is 1. The number of rotatable bonds is 5. The predicted molar refractivity (Wildman–Crippen MR) is 97.0 cm³/mol. The van der Waals surface area contributed by atoms with Gasteiger partial charge in [-0.25, -0.2) is 0 Å². The molecular weight excluding hydrogens is 324 g/mol. The van der Waals surface area contributed by atoms with Crippen molar-refractivity contribution in [2.75, 3.05) is 32.8 Å². The van der Waals surface area contributed by atoms with Crippen molar-refractivity contribution in [3.63, 3.8) is 0 Å². The highest BCUT2D eigenvalue weighted by Gasteiger charge is 2.24. The van der Waals surface area contributed by atoms with Crippen molar-refractivity contribution in [1.29, 1.82) is 0 Å². The van der Waals surface area contributed by atoms with Crippen LogP contribution in [0.25, 0.3) is 6.08 Å². The van der Waals surface area contributed by atoms with E-state index in [-0.39, 0.29) is 11.9 Å². The average molecular weight is 349 g/mol. The molecule has 2 aliphatic rings. The monoisotopic (exact) mass is 348 g/mol. The van der Waals surface area contributed by atoms with E-state index in [0.29, 0.717) is 10.9 Å². The molecule has 2 saturated heterocycles. The number of ether oxygens (including phenoxy) is 1. The summed E-state index contributed by atoms with van der Waals surface area (Å²) in [5, 5.41) is 3.81. The highest BCUT2D eigenvalue weighted by atomic mass is 35.5. The lowest BCUT2D eigenvalue weighted by atomic mass is 10.0. The summed E-state index contributed by atoms with van der Waals surface area (Å²) in [6.45, 7) is 5.07. The first-order chi connectivity index (χ1) is 11.7. The lowest BCUT2D eigenvalue weighted by Gasteiger charge is -2.33.